The Bertz CT molecular complexity index is 577. The highest BCUT2D eigenvalue weighted by molar-refractivity contribution is 5.80. The largest absolute Gasteiger partial charge is 0.385 e. The van der Waals surface area contributed by atoms with Crippen LogP contribution in [-0.2, 0) is 5.60 Å². The highest BCUT2D eigenvalue weighted by Gasteiger charge is 2.31. The van der Waals surface area contributed by atoms with Crippen LogP contribution in [0, 0.1) is 0 Å². The van der Waals surface area contributed by atoms with E-state index in [9.17, 15) is 5.11 Å². The molecule has 0 saturated carbocycles. The molecule has 2 aromatic rings. The van der Waals surface area contributed by atoms with E-state index in [0.29, 0.717) is 0 Å². The number of hydrogen-bond donors (Lipinski definition) is 2. The topological polar surface area (TPSA) is 39.3 Å². The summed E-state index contributed by atoms with van der Waals surface area (Å²) in [7, 11) is 0. The maximum absolute atomic E-state index is 11.1. The van der Waals surface area contributed by atoms with E-state index >= 15 is 0 Å². The van der Waals surface area contributed by atoms with Crippen LogP contribution in [0.4, 0.5) is 0 Å². The van der Waals surface area contributed by atoms with E-state index in [1.807, 2.05) is 6.20 Å². The number of hydrogen-bond acceptors (Lipinski definition) is 2. The standard InChI is InChI=1S/C17H24N2O/c1-2-10-19-11-3-7-17(20,8-12-19)15-4-5-16-14(13-15)6-9-18-16/h4-6,9,13,18,20H,2-3,7-8,10-12H2,1H3. The van der Waals surface area contributed by atoms with Crippen molar-refractivity contribution >= 4 is 10.9 Å². The van der Waals surface area contributed by atoms with E-state index in [1.54, 1.807) is 0 Å². The summed E-state index contributed by atoms with van der Waals surface area (Å²) in [6.07, 6.45) is 5.91. The molecule has 2 heterocycles. The van der Waals surface area contributed by atoms with Gasteiger partial charge in [0.25, 0.3) is 0 Å². The zero-order chi connectivity index (χ0) is 14.0. The van der Waals surface area contributed by atoms with Crippen LogP contribution in [0.3, 0.4) is 0 Å². The normalized spacial score (nSPS) is 24.9. The van der Waals surface area contributed by atoms with Crippen LogP contribution in [0.1, 0.15) is 38.2 Å². The Kier molecular flexibility index (Phi) is 3.81. The van der Waals surface area contributed by atoms with Crippen LogP contribution >= 0.6 is 0 Å². The lowest BCUT2D eigenvalue weighted by atomic mass is 9.86. The summed E-state index contributed by atoms with van der Waals surface area (Å²) >= 11 is 0. The number of nitrogens with zero attached hydrogens (tertiary/aromatic N) is 1. The monoisotopic (exact) mass is 272 g/mol. The van der Waals surface area contributed by atoms with Crippen LogP contribution in [0.5, 0.6) is 0 Å². The summed E-state index contributed by atoms with van der Waals surface area (Å²) < 4.78 is 0. The summed E-state index contributed by atoms with van der Waals surface area (Å²) in [5, 5.41) is 12.3. The van der Waals surface area contributed by atoms with Gasteiger partial charge in [-0.1, -0.05) is 13.0 Å². The second-order valence-electron chi connectivity index (χ2n) is 6.01. The SMILES string of the molecule is CCCN1CCCC(O)(c2ccc3[nH]ccc3c2)CC1. The quantitative estimate of drug-likeness (QED) is 0.900. The third-order valence-corrected chi connectivity index (χ3v) is 4.54. The van der Waals surface area contributed by atoms with Crippen LogP contribution in [0.15, 0.2) is 30.5 Å². The van der Waals surface area contributed by atoms with E-state index in [2.05, 4.69) is 41.1 Å². The van der Waals surface area contributed by atoms with Gasteiger partial charge in [0.1, 0.15) is 0 Å². The van der Waals surface area contributed by atoms with E-state index in [-0.39, 0.29) is 0 Å². The van der Waals surface area contributed by atoms with Crippen molar-refractivity contribution in [1.82, 2.24) is 9.88 Å². The Morgan fingerprint density at radius 2 is 2.15 bits per heavy atom. The first-order valence-electron chi connectivity index (χ1n) is 7.74. The first kappa shape index (κ1) is 13.7. The minimum Gasteiger partial charge on any atom is -0.385 e. The predicted molar refractivity (Wildman–Crippen MR) is 82.8 cm³/mol. The molecule has 2 N–H and O–H groups in total. The highest BCUT2D eigenvalue weighted by Crippen LogP contribution is 2.34. The molecule has 3 heteroatoms. The molecule has 0 spiro atoms. The molecule has 1 aliphatic rings. The molecule has 3 nitrogen and oxygen atoms in total. The van der Waals surface area contributed by atoms with Gasteiger partial charge in [0.2, 0.25) is 0 Å². The molecule has 1 atom stereocenters. The number of benzene rings is 1. The summed E-state index contributed by atoms with van der Waals surface area (Å²) in [4.78, 5) is 5.69. The van der Waals surface area contributed by atoms with Crippen molar-refractivity contribution in [2.75, 3.05) is 19.6 Å². The molecule has 0 amide bonds. The van der Waals surface area contributed by atoms with Crippen LogP contribution < -0.4 is 0 Å². The van der Waals surface area contributed by atoms with Gasteiger partial charge < -0.3 is 15.0 Å². The number of H-pyrrole nitrogens is 1. The maximum Gasteiger partial charge on any atom is 0.0909 e. The van der Waals surface area contributed by atoms with Gasteiger partial charge in [0, 0.05) is 18.3 Å². The highest BCUT2D eigenvalue weighted by atomic mass is 16.3. The summed E-state index contributed by atoms with van der Waals surface area (Å²) in [5.41, 5.74) is 1.55. The van der Waals surface area contributed by atoms with Crippen molar-refractivity contribution in [2.45, 2.75) is 38.2 Å². The second-order valence-corrected chi connectivity index (χ2v) is 6.01. The second kappa shape index (κ2) is 5.58. The Hall–Kier alpha value is -1.32. The smallest absolute Gasteiger partial charge is 0.0909 e. The lowest BCUT2D eigenvalue weighted by Crippen LogP contribution is -2.29. The molecule has 20 heavy (non-hydrogen) atoms. The van der Waals surface area contributed by atoms with Crippen molar-refractivity contribution < 1.29 is 5.11 Å². The van der Waals surface area contributed by atoms with E-state index < -0.39 is 5.60 Å². The zero-order valence-corrected chi connectivity index (χ0v) is 12.2. The maximum atomic E-state index is 11.1. The Morgan fingerprint density at radius 3 is 3.00 bits per heavy atom. The van der Waals surface area contributed by atoms with E-state index in [0.717, 1.165) is 50.0 Å². The number of aromatic amines is 1. The van der Waals surface area contributed by atoms with Gasteiger partial charge in [-0.25, -0.2) is 0 Å². The summed E-state index contributed by atoms with van der Waals surface area (Å²) in [6, 6.07) is 8.37. The molecule has 0 radical (unpaired) electrons. The van der Waals surface area contributed by atoms with E-state index in [4.69, 9.17) is 0 Å². The number of aromatic nitrogens is 1. The number of likely N-dealkylation sites (tertiary alicyclic amines) is 1. The average Bonchev–Trinajstić information content (AvgIpc) is 2.84. The Labute approximate surface area is 120 Å². The fourth-order valence-corrected chi connectivity index (χ4v) is 3.35. The van der Waals surface area contributed by atoms with E-state index in [1.165, 1.54) is 11.8 Å². The molecule has 0 bridgehead atoms. The Balaban J connectivity index is 1.83. The number of nitrogens with one attached hydrogen (secondary N) is 1. The first-order chi connectivity index (χ1) is 9.71. The van der Waals surface area contributed by atoms with Crippen molar-refractivity contribution in [1.29, 1.82) is 0 Å². The molecule has 1 unspecified atom stereocenters. The van der Waals surface area contributed by atoms with Gasteiger partial charge in [-0.3, -0.25) is 0 Å². The van der Waals surface area contributed by atoms with Gasteiger partial charge in [-0.2, -0.15) is 0 Å². The van der Waals surface area contributed by atoms with Crippen molar-refractivity contribution in [3.8, 4) is 0 Å². The molecule has 1 aromatic carbocycles. The van der Waals surface area contributed by atoms with Gasteiger partial charge >= 0.3 is 0 Å². The van der Waals surface area contributed by atoms with Crippen LogP contribution in [-0.4, -0.2) is 34.6 Å². The molecule has 3 rings (SSSR count). The van der Waals surface area contributed by atoms with Gasteiger partial charge in [0.05, 0.1) is 5.60 Å². The van der Waals surface area contributed by atoms with Crippen LogP contribution in [0.2, 0.25) is 0 Å². The molecule has 1 saturated heterocycles. The number of fused-ring (bicyclic) bond motifs is 1. The van der Waals surface area contributed by atoms with Gasteiger partial charge in [-0.15, -0.1) is 0 Å². The fraction of sp³-hybridized carbons (Fsp3) is 0.529. The first-order valence-corrected chi connectivity index (χ1v) is 7.74. The molecule has 0 aliphatic carbocycles. The van der Waals surface area contributed by atoms with Gasteiger partial charge in [0.15, 0.2) is 0 Å². The minimum atomic E-state index is -0.659. The fourth-order valence-electron chi connectivity index (χ4n) is 3.35. The minimum absolute atomic E-state index is 0.659. The van der Waals surface area contributed by atoms with Crippen LogP contribution in [0.25, 0.3) is 10.9 Å². The van der Waals surface area contributed by atoms with Crippen molar-refractivity contribution in [2.24, 2.45) is 0 Å². The van der Waals surface area contributed by atoms with Crippen molar-refractivity contribution in [3.05, 3.63) is 36.0 Å². The van der Waals surface area contributed by atoms with Crippen molar-refractivity contribution in [3.63, 3.8) is 0 Å². The molecule has 108 valence electrons. The molecular weight excluding hydrogens is 248 g/mol. The number of rotatable bonds is 3. The molecular formula is C17H24N2O. The molecule has 1 aliphatic heterocycles. The third kappa shape index (κ3) is 2.60. The van der Waals surface area contributed by atoms with Gasteiger partial charge in [-0.05, 0) is 67.9 Å². The zero-order valence-electron chi connectivity index (χ0n) is 12.2. The lowest BCUT2D eigenvalue weighted by molar-refractivity contribution is 0.0213. The Morgan fingerprint density at radius 1 is 1.25 bits per heavy atom. The predicted octanol–water partition coefficient (Wildman–Crippen LogP) is 3.25. The average molecular weight is 272 g/mol. The molecule has 1 aromatic heterocycles. The number of aliphatic hydroxyl groups is 1. The lowest BCUT2D eigenvalue weighted by Gasteiger charge is -2.27. The third-order valence-electron chi connectivity index (χ3n) is 4.54. The summed E-state index contributed by atoms with van der Waals surface area (Å²) in [6.45, 7) is 5.47. The summed E-state index contributed by atoms with van der Waals surface area (Å²) in [5.74, 6) is 0. The molecule has 1 fully saturated rings.